The minimum atomic E-state index is -0.304. The van der Waals surface area contributed by atoms with E-state index in [1.165, 1.54) is 17.4 Å². The minimum Gasteiger partial charge on any atom is -0.493 e. The van der Waals surface area contributed by atoms with Crippen molar-refractivity contribution in [3.63, 3.8) is 0 Å². The van der Waals surface area contributed by atoms with Gasteiger partial charge in [0.25, 0.3) is 0 Å². The van der Waals surface area contributed by atoms with Crippen molar-refractivity contribution in [1.82, 2.24) is 10.3 Å². The van der Waals surface area contributed by atoms with Gasteiger partial charge in [-0.2, -0.15) is 0 Å². The molecule has 1 aliphatic rings. The lowest BCUT2D eigenvalue weighted by atomic mass is 9.97. The molecule has 0 spiro atoms. The average Bonchev–Trinajstić information content (AvgIpc) is 3.25. The van der Waals surface area contributed by atoms with Crippen molar-refractivity contribution in [2.75, 3.05) is 38.8 Å². The summed E-state index contributed by atoms with van der Waals surface area (Å²) in [6, 6.07) is 10.8. The van der Waals surface area contributed by atoms with E-state index >= 15 is 0 Å². The molecule has 1 aromatic heterocycles. The van der Waals surface area contributed by atoms with Gasteiger partial charge in [-0.3, -0.25) is 4.79 Å². The normalized spacial score (nSPS) is 16.4. The molecule has 1 unspecified atom stereocenters. The summed E-state index contributed by atoms with van der Waals surface area (Å²) in [5.74, 6) is 1.02. The number of methoxy groups -OCH3 is 2. The molecule has 0 bridgehead atoms. The Morgan fingerprint density at radius 2 is 2.10 bits per heavy atom. The van der Waals surface area contributed by atoms with Crippen LogP contribution < -0.4 is 19.7 Å². The van der Waals surface area contributed by atoms with Gasteiger partial charge in [-0.25, -0.2) is 9.37 Å². The van der Waals surface area contributed by atoms with Crippen LogP contribution in [0.25, 0.3) is 10.2 Å². The van der Waals surface area contributed by atoms with Gasteiger partial charge in [-0.15, -0.1) is 0 Å². The number of rotatable bonds is 7. The molecule has 0 radical (unpaired) electrons. The number of thiazole rings is 1. The molecule has 3 aromatic rings. The van der Waals surface area contributed by atoms with Gasteiger partial charge in [0.2, 0.25) is 5.91 Å². The fraction of sp³-hybridized carbons (Fsp3) is 0.391. The number of carbonyl (C=O) groups excluding carboxylic acids is 1. The van der Waals surface area contributed by atoms with Gasteiger partial charge in [0.05, 0.1) is 24.8 Å². The predicted octanol–water partition coefficient (Wildman–Crippen LogP) is 4.03. The lowest BCUT2D eigenvalue weighted by molar-refractivity contribution is -0.125. The summed E-state index contributed by atoms with van der Waals surface area (Å²) in [6.45, 7) is 1.98. The van der Waals surface area contributed by atoms with Gasteiger partial charge < -0.3 is 19.7 Å². The molecule has 2 aromatic carbocycles. The van der Waals surface area contributed by atoms with Crippen LogP contribution in [0, 0.1) is 11.7 Å². The monoisotopic (exact) mass is 443 g/mol. The number of ether oxygens (including phenoxy) is 2. The van der Waals surface area contributed by atoms with Crippen LogP contribution in [-0.4, -0.2) is 44.7 Å². The number of para-hydroxylation sites is 1. The van der Waals surface area contributed by atoms with Gasteiger partial charge in [-0.1, -0.05) is 23.5 Å². The number of fused-ring (bicyclic) bond motifs is 1. The van der Waals surface area contributed by atoms with E-state index < -0.39 is 0 Å². The molecular weight excluding hydrogens is 417 g/mol. The lowest BCUT2D eigenvalue weighted by Gasteiger charge is -2.31. The van der Waals surface area contributed by atoms with Crippen molar-refractivity contribution in [2.45, 2.75) is 19.3 Å². The van der Waals surface area contributed by atoms with E-state index in [2.05, 4.69) is 15.2 Å². The smallest absolute Gasteiger partial charge is 0.224 e. The van der Waals surface area contributed by atoms with Gasteiger partial charge in [0, 0.05) is 19.6 Å². The number of benzene rings is 2. The quantitative estimate of drug-likeness (QED) is 0.597. The number of aromatic nitrogens is 1. The molecule has 2 heterocycles. The molecule has 31 heavy (non-hydrogen) atoms. The Hall–Kier alpha value is -2.87. The molecule has 1 N–H and O–H groups in total. The number of nitrogens with one attached hydrogen (secondary N) is 1. The second kappa shape index (κ2) is 9.51. The van der Waals surface area contributed by atoms with Crippen LogP contribution in [0.5, 0.6) is 11.5 Å². The number of carbonyl (C=O) groups is 1. The molecule has 1 aliphatic heterocycles. The highest BCUT2D eigenvalue weighted by Gasteiger charge is 2.27. The first kappa shape index (κ1) is 21.4. The molecule has 6 nitrogen and oxygen atoms in total. The minimum absolute atomic E-state index is 0.0532. The maximum atomic E-state index is 14.0. The first-order valence-electron chi connectivity index (χ1n) is 10.4. The Kier molecular flexibility index (Phi) is 6.56. The van der Waals surface area contributed by atoms with Gasteiger partial charge in [0.1, 0.15) is 11.3 Å². The number of hydrogen-bond donors (Lipinski definition) is 1. The maximum Gasteiger partial charge on any atom is 0.224 e. The summed E-state index contributed by atoms with van der Waals surface area (Å²) >= 11 is 1.47. The largest absolute Gasteiger partial charge is 0.493 e. The summed E-state index contributed by atoms with van der Waals surface area (Å²) < 4.78 is 25.4. The second-order valence-electron chi connectivity index (χ2n) is 7.60. The molecule has 0 saturated carbocycles. The predicted molar refractivity (Wildman–Crippen MR) is 121 cm³/mol. The zero-order valence-corrected chi connectivity index (χ0v) is 18.5. The molecular formula is C23H26FN3O3S. The Balaban J connectivity index is 1.34. The number of halogens is 1. The van der Waals surface area contributed by atoms with Crippen LogP contribution in [0.1, 0.15) is 18.4 Å². The summed E-state index contributed by atoms with van der Waals surface area (Å²) in [6.07, 6.45) is 2.46. The number of anilines is 1. The van der Waals surface area contributed by atoms with E-state index in [1.54, 1.807) is 20.3 Å². The average molecular weight is 444 g/mol. The number of amides is 1. The van der Waals surface area contributed by atoms with Crippen LogP contribution in [0.3, 0.4) is 0 Å². The van der Waals surface area contributed by atoms with Crippen LogP contribution in [0.4, 0.5) is 9.52 Å². The molecule has 164 valence electrons. The molecule has 8 heteroatoms. The Morgan fingerprint density at radius 3 is 2.87 bits per heavy atom. The van der Waals surface area contributed by atoms with E-state index in [9.17, 15) is 9.18 Å². The van der Waals surface area contributed by atoms with Gasteiger partial charge >= 0.3 is 0 Å². The molecule has 1 atom stereocenters. The standard InChI is InChI=1S/C23H26FN3O3S/c1-29-18-9-8-15(13-19(18)30-2)10-11-25-22(28)16-5-4-12-27(14-16)23-26-21-17(24)6-3-7-20(21)31-23/h3,6-9,13,16H,4-5,10-12,14H2,1-2H3,(H,25,28). The summed E-state index contributed by atoms with van der Waals surface area (Å²) in [7, 11) is 3.22. The van der Waals surface area contributed by atoms with Crippen molar-refractivity contribution in [1.29, 1.82) is 0 Å². The van der Waals surface area contributed by atoms with Crippen LogP contribution in [-0.2, 0) is 11.2 Å². The van der Waals surface area contributed by atoms with Crippen molar-refractivity contribution in [3.8, 4) is 11.5 Å². The first-order valence-corrected chi connectivity index (χ1v) is 11.2. The molecule has 1 fully saturated rings. The highest BCUT2D eigenvalue weighted by Crippen LogP contribution is 2.32. The molecule has 0 aliphatic carbocycles. The second-order valence-corrected chi connectivity index (χ2v) is 8.61. The highest BCUT2D eigenvalue weighted by atomic mass is 32.1. The number of nitrogens with zero attached hydrogens (tertiary/aromatic N) is 2. The number of piperidine rings is 1. The Morgan fingerprint density at radius 1 is 1.26 bits per heavy atom. The van der Waals surface area contributed by atoms with Gasteiger partial charge in [-0.05, 0) is 49.1 Å². The Bertz CT molecular complexity index is 1070. The summed E-state index contributed by atoms with van der Waals surface area (Å²) in [5, 5.41) is 3.84. The summed E-state index contributed by atoms with van der Waals surface area (Å²) in [5.41, 5.74) is 1.48. The van der Waals surface area contributed by atoms with E-state index in [0.717, 1.165) is 34.8 Å². The zero-order valence-electron chi connectivity index (χ0n) is 17.7. The highest BCUT2D eigenvalue weighted by molar-refractivity contribution is 7.22. The van der Waals surface area contributed by atoms with E-state index in [-0.39, 0.29) is 17.6 Å². The third kappa shape index (κ3) is 4.74. The Labute approximate surface area is 185 Å². The SMILES string of the molecule is COc1ccc(CCNC(=O)C2CCCN(c3nc4c(F)cccc4s3)C2)cc1OC. The van der Waals surface area contributed by atoms with Gasteiger partial charge in [0.15, 0.2) is 16.6 Å². The number of hydrogen-bond acceptors (Lipinski definition) is 6. The van der Waals surface area contributed by atoms with Crippen molar-refractivity contribution in [3.05, 3.63) is 47.8 Å². The topological polar surface area (TPSA) is 63.7 Å². The first-order chi connectivity index (χ1) is 15.1. The zero-order chi connectivity index (χ0) is 21.8. The van der Waals surface area contributed by atoms with Crippen LogP contribution in [0.15, 0.2) is 36.4 Å². The van der Waals surface area contributed by atoms with Crippen LogP contribution in [0.2, 0.25) is 0 Å². The molecule has 1 saturated heterocycles. The van der Waals surface area contributed by atoms with Crippen molar-refractivity contribution >= 4 is 32.6 Å². The molecule has 4 rings (SSSR count). The van der Waals surface area contributed by atoms with Crippen LogP contribution >= 0.6 is 11.3 Å². The fourth-order valence-electron chi connectivity index (χ4n) is 3.91. The summed E-state index contributed by atoms with van der Waals surface area (Å²) in [4.78, 5) is 19.3. The fourth-order valence-corrected chi connectivity index (χ4v) is 4.93. The van der Waals surface area contributed by atoms with E-state index in [4.69, 9.17) is 9.47 Å². The van der Waals surface area contributed by atoms with Crippen molar-refractivity contribution < 1.29 is 18.7 Å². The third-order valence-electron chi connectivity index (χ3n) is 5.58. The third-order valence-corrected chi connectivity index (χ3v) is 6.66. The van der Waals surface area contributed by atoms with E-state index in [0.29, 0.717) is 36.5 Å². The maximum absolute atomic E-state index is 14.0. The molecule has 1 amide bonds. The lowest BCUT2D eigenvalue weighted by Crippen LogP contribution is -2.43. The van der Waals surface area contributed by atoms with Crippen molar-refractivity contribution in [2.24, 2.45) is 5.92 Å². The van der Waals surface area contributed by atoms with E-state index in [1.807, 2.05) is 24.3 Å².